The van der Waals surface area contributed by atoms with Gasteiger partial charge in [-0.25, -0.2) is 14.4 Å². The second-order valence-electron chi connectivity index (χ2n) is 10.7. The van der Waals surface area contributed by atoms with E-state index in [1.165, 1.54) is 6.07 Å². The molecule has 1 amide bonds. The number of amides is 1. The minimum Gasteiger partial charge on any atom is -0.468 e. The van der Waals surface area contributed by atoms with Crippen molar-refractivity contribution in [3.05, 3.63) is 59.2 Å². The molecule has 0 radical (unpaired) electrons. The number of ether oxygens (including phenoxy) is 1. The maximum atomic E-state index is 15.7. The van der Waals surface area contributed by atoms with Crippen molar-refractivity contribution >= 4 is 11.6 Å². The summed E-state index contributed by atoms with van der Waals surface area (Å²) in [5, 5.41) is 3.08. The molecule has 4 heterocycles. The molecule has 0 saturated heterocycles. The van der Waals surface area contributed by atoms with Gasteiger partial charge in [-0.05, 0) is 63.1 Å². The SMILES string of the molecule is Cc1cn2c(C(=O)NC3CCC(F)(CCN4CCc5ccc(OCC(F)(F)F)nc5CC4)CC3)cccc2n1. The Bertz CT molecular complexity index is 1320. The maximum absolute atomic E-state index is 15.7. The van der Waals surface area contributed by atoms with E-state index in [0.717, 1.165) is 23.5 Å². The quantitative estimate of drug-likeness (QED) is 0.429. The number of hydrogen-bond donors (Lipinski definition) is 1. The van der Waals surface area contributed by atoms with E-state index in [1.807, 2.05) is 25.3 Å². The fourth-order valence-corrected chi connectivity index (χ4v) is 5.53. The average Bonchev–Trinajstić information content (AvgIpc) is 3.16. The number of pyridine rings is 2. The Morgan fingerprint density at radius 3 is 2.67 bits per heavy atom. The zero-order chi connectivity index (χ0) is 27.6. The van der Waals surface area contributed by atoms with E-state index in [-0.39, 0.29) is 17.8 Å². The number of nitrogens with one attached hydrogen (secondary N) is 1. The van der Waals surface area contributed by atoms with E-state index in [0.29, 0.717) is 69.4 Å². The number of carbonyl (C=O) groups excluding carboxylic acids is 1. The fraction of sp³-hybridized carbons (Fsp3) is 0.536. The fourth-order valence-electron chi connectivity index (χ4n) is 5.53. The summed E-state index contributed by atoms with van der Waals surface area (Å²) in [6.45, 7) is 2.52. The minimum absolute atomic E-state index is 0.0251. The highest BCUT2D eigenvalue weighted by atomic mass is 19.4. The van der Waals surface area contributed by atoms with Crippen LogP contribution in [-0.2, 0) is 12.8 Å². The summed E-state index contributed by atoms with van der Waals surface area (Å²) in [7, 11) is 0. The largest absolute Gasteiger partial charge is 0.468 e. The van der Waals surface area contributed by atoms with Crippen molar-refractivity contribution in [1.29, 1.82) is 0 Å². The van der Waals surface area contributed by atoms with Gasteiger partial charge >= 0.3 is 6.18 Å². The number of nitrogens with zero attached hydrogens (tertiary/aromatic N) is 4. The Labute approximate surface area is 224 Å². The first-order valence-corrected chi connectivity index (χ1v) is 13.4. The molecule has 3 aromatic rings. The Kier molecular flexibility index (Phi) is 7.80. The van der Waals surface area contributed by atoms with Gasteiger partial charge in [0, 0.05) is 50.1 Å². The van der Waals surface area contributed by atoms with Gasteiger partial charge in [-0.2, -0.15) is 13.2 Å². The highest BCUT2D eigenvalue weighted by Crippen LogP contribution is 2.35. The van der Waals surface area contributed by atoms with Crippen LogP contribution in [0.1, 0.15) is 59.5 Å². The number of aromatic nitrogens is 3. The Hall–Kier alpha value is -3.21. The molecule has 210 valence electrons. The van der Waals surface area contributed by atoms with Crippen molar-refractivity contribution in [2.45, 2.75) is 69.8 Å². The number of hydrogen-bond acceptors (Lipinski definition) is 5. The third kappa shape index (κ3) is 6.87. The van der Waals surface area contributed by atoms with E-state index in [9.17, 15) is 18.0 Å². The van der Waals surface area contributed by atoms with Crippen LogP contribution in [0.3, 0.4) is 0 Å². The standard InChI is InChI=1S/C28H33F4N5O2/c1-19-17-37-23(3-2-4-24(37)33-19)26(38)34-21-7-11-27(29,12-8-21)13-16-36-14-9-20-5-6-25(35-22(20)10-15-36)39-18-28(30,31)32/h2-6,17,21H,7-16,18H2,1H3,(H,34,38). The molecule has 3 aromatic heterocycles. The Morgan fingerprint density at radius 2 is 1.90 bits per heavy atom. The smallest absolute Gasteiger partial charge is 0.422 e. The Balaban J connectivity index is 1.09. The highest BCUT2D eigenvalue weighted by molar-refractivity contribution is 5.93. The molecular weight excluding hydrogens is 514 g/mol. The van der Waals surface area contributed by atoms with Crippen LogP contribution in [0.4, 0.5) is 17.6 Å². The molecule has 0 unspecified atom stereocenters. The predicted molar refractivity (Wildman–Crippen MR) is 138 cm³/mol. The second kappa shape index (κ2) is 11.1. The monoisotopic (exact) mass is 547 g/mol. The lowest BCUT2D eigenvalue weighted by atomic mass is 9.81. The predicted octanol–water partition coefficient (Wildman–Crippen LogP) is 4.85. The number of alkyl halides is 4. The molecule has 39 heavy (non-hydrogen) atoms. The zero-order valence-electron chi connectivity index (χ0n) is 21.9. The molecule has 0 bridgehead atoms. The normalized spacial score (nSPS) is 22.3. The van der Waals surface area contributed by atoms with Gasteiger partial charge in [-0.3, -0.25) is 9.20 Å². The molecule has 1 N–H and O–H groups in total. The molecule has 0 atom stereocenters. The van der Waals surface area contributed by atoms with Gasteiger partial charge in [-0.1, -0.05) is 12.1 Å². The van der Waals surface area contributed by atoms with Crippen molar-refractivity contribution in [3.8, 4) is 5.88 Å². The van der Waals surface area contributed by atoms with E-state index in [4.69, 9.17) is 4.74 Å². The van der Waals surface area contributed by atoms with Gasteiger partial charge < -0.3 is 15.0 Å². The van der Waals surface area contributed by atoms with E-state index in [2.05, 4.69) is 20.2 Å². The van der Waals surface area contributed by atoms with Crippen LogP contribution >= 0.6 is 0 Å². The first-order chi connectivity index (χ1) is 18.6. The first-order valence-electron chi connectivity index (χ1n) is 13.4. The average molecular weight is 548 g/mol. The van der Waals surface area contributed by atoms with Crippen molar-refractivity contribution < 1.29 is 27.1 Å². The van der Waals surface area contributed by atoms with Crippen LogP contribution in [0.2, 0.25) is 0 Å². The van der Waals surface area contributed by atoms with Gasteiger partial charge in [0.2, 0.25) is 5.88 Å². The minimum atomic E-state index is -4.41. The summed E-state index contributed by atoms with van der Waals surface area (Å²) in [4.78, 5) is 23.8. The van der Waals surface area contributed by atoms with Crippen LogP contribution in [0.25, 0.3) is 5.65 Å². The molecule has 1 saturated carbocycles. The first kappa shape index (κ1) is 27.4. The topological polar surface area (TPSA) is 71.8 Å². The van der Waals surface area contributed by atoms with Crippen molar-refractivity contribution in [2.75, 3.05) is 26.2 Å². The van der Waals surface area contributed by atoms with Crippen LogP contribution < -0.4 is 10.1 Å². The molecule has 11 heteroatoms. The van der Waals surface area contributed by atoms with Gasteiger partial charge in [0.1, 0.15) is 17.0 Å². The van der Waals surface area contributed by atoms with Crippen LogP contribution in [0, 0.1) is 6.92 Å². The molecule has 7 nitrogen and oxygen atoms in total. The number of carbonyl (C=O) groups is 1. The highest BCUT2D eigenvalue weighted by Gasteiger charge is 2.36. The molecular formula is C28H33F4N5O2. The van der Waals surface area contributed by atoms with E-state index in [1.54, 1.807) is 16.5 Å². The molecule has 0 aromatic carbocycles. The molecule has 1 fully saturated rings. The van der Waals surface area contributed by atoms with Crippen molar-refractivity contribution in [2.24, 2.45) is 0 Å². The summed E-state index contributed by atoms with van der Waals surface area (Å²) >= 11 is 0. The van der Waals surface area contributed by atoms with E-state index >= 15 is 4.39 Å². The summed E-state index contributed by atoms with van der Waals surface area (Å²) in [6.07, 6.45) is 1.05. The number of aryl methyl sites for hydroxylation is 1. The van der Waals surface area contributed by atoms with Gasteiger partial charge in [0.25, 0.3) is 5.91 Å². The number of rotatable bonds is 7. The Morgan fingerprint density at radius 1 is 1.13 bits per heavy atom. The number of fused-ring (bicyclic) bond motifs is 2. The zero-order valence-corrected chi connectivity index (χ0v) is 21.9. The lowest BCUT2D eigenvalue weighted by Gasteiger charge is -2.35. The van der Waals surface area contributed by atoms with Crippen molar-refractivity contribution in [1.82, 2.24) is 24.6 Å². The molecule has 2 aliphatic rings. The van der Waals surface area contributed by atoms with Gasteiger partial charge in [0.15, 0.2) is 6.61 Å². The molecule has 5 rings (SSSR count). The summed E-state index contributed by atoms with van der Waals surface area (Å²) in [5.74, 6) is -0.207. The summed E-state index contributed by atoms with van der Waals surface area (Å²) < 4.78 is 59.6. The van der Waals surface area contributed by atoms with E-state index < -0.39 is 18.5 Å². The molecule has 1 aliphatic heterocycles. The third-order valence-corrected chi connectivity index (χ3v) is 7.73. The lowest BCUT2D eigenvalue weighted by Crippen LogP contribution is -2.43. The van der Waals surface area contributed by atoms with Crippen LogP contribution in [0.15, 0.2) is 36.5 Å². The lowest BCUT2D eigenvalue weighted by molar-refractivity contribution is -0.154. The third-order valence-electron chi connectivity index (χ3n) is 7.73. The summed E-state index contributed by atoms with van der Waals surface area (Å²) in [6, 6.07) is 8.60. The number of imidazole rings is 1. The maximum Gasteiger partial charge on any atom is 0.422 e. The number of halogens is 4. The van der Waals surface area contributed by atoms with Crippen molar-refractivity contribution in [3.63, 3.8) is 0 Å². The molecule has 0 spiro atoms. The second-order valence-corrected chi connectivity index (χ2v) is 10.7. The van der Waals surface area contributed by atoms with Crippen LogP contribution in [-0.4, -0.2) is 69.3 Å². The van der Waals surface area contributed by atoms with Gasteiger partial charge in [-0.15, -0.1) is 0 Å². The van der Waals surface area contributed by atoms with Gasteiger partial charge in [0.05, 0.1) is 5.69 Å². The molecule has 1 aliphatic carbocycles. The van der Waals surface area contributed by atoms with Crippen LogP contribution in [0.5, 0.6) is 5.88 Å². The summed E-state index contributed by atoms with van der Waals surface area (Å²) in [5.41, 5.74) is 2.52.